The fourth-order valence-electron chi connectivity index (χ4n) is 1.73. The minimum atomic E-state index is -0.514. The number of nitro groups is 1. The van der Waals surface area contributed by atoms with Crippen LogP contribution in [0.4, 0.5) is 5.69 Å². The second-order valence-electron chi connectivity index (χ2n) is 4.70. The van der Waals surface area contributed by atoms with Crippen molar-refractivity contribution in [1.29, 1.82) is 0 Å². The second-order valence-corrected chi connectivity index (χ2v) is 4.70. The summed E-state index contributed by atoms with van der Waals surface area (Å²) in [6.45, 7) is 0.379. The molecule has 1 fully saturated rings. The molecule has 0 saturated heterocycles. The Bertz CT molecular complexity index is 514. The molecule has 3 N–H and O–H groups in total. The Morgan fingerprint density at radius 3 is 2.85 bits per heavy atom. The Hall–Kier alpha value is -2.15. The molecule has 0 aromatic heterocycles. The van der Waals surface area contributed by atoms with Gasteiger partial charge in [0.15, 0.2) is 5.75 Å². The fourth-order valence-corrected chi connectivity index (χ4v) is 1.73. The smallest absolute Gasteiger partial charge is 0.310 e. The minimum Gasteiger partial charge on any atom is -0.486 e. The third-order valence-corrected chi connectivity index (χ3v) is 2.99. The van der Waals surface area contributed by atoms with Crippen molar-refractivity contribution in [2.45, 2.75) is 31.8 Å². The molecule has 1 aliphatic carbocycles. The molecule has 108 valence electrons. The van der Waals surface area contributed by atoms with Crippen molar-refractivity contribution in [3.8, 4) is 5.75 Å². The van der Waals surface area contributed by atoms with Gasteiger partial charge in [0.2, 0.25) is 5.91 Å². The van der Waals surface area contributed by atoms with E-state index in [-0.39, 0.29) is 36.9 Å². The van der Waals surface area contributed by atoms with E-state index in [9.17, 15) is 14.9 Å². The van der Waals surface area contributed by atoms with E-state index < -0.39 is 4.92 Å². The molecule has 0 heterocycles. The highest BCUT2D eigenvalue weighted by atomic mass is 16.6. The van der Waals surface area contributed by atoms with E-state index in [4.69, 9.17) is 10.5 Å². The zero-order valence-electron chi connectivity index (χ0n) is 11.0. The van der Waals surface area contributed by atoms with Gasteiger partial charge in [0.05, 0.1) is 18.0 Å². The van der Waals surface area contributed by atoms with Crippen LogP contribution in [0.5, 0.6) is 5.75 Å². The number of hydrogen-bond donors (Lipinski definition) is 2. The first-order chi connectivity index (χ1) is 9.60. The molecule has 7 nitrogen and oxygen atoms in total. The number of ether oxygens (including phenoxy) is 1. The summed E-state index contributed by atoms with van der Waals surface area (Å²) in [5.41, 5.74) is 6.12. The number of amides is 1. The molecule has 0 spiro atoms. The molecule has 1 saturated carbocycles. The lowest BCUT2D eigenvalue weighted by atomic mass is 10.2. The van der Waals surface area contributed by atoms with E-state index in [0.717, 1.165) is 18.4 Å². The first kappa shape index (κ1) is 14.3. The molecular formula is C13H17N3O4. The van der Waals surface area contributed by atoms with Gasteiger partial charge in [-0.2, -0.15) is 0 Å². The maximum absolute atomic E-state index is 11.5. The number of nitrogens with zero attached hydrogens (tertiary/aromatic N) is 1. The van der Waals surface area contributed by atoms with Crippen LogP contribution in [0, 0.1) is 10.1 Å². The van der Waals surface area contributed by atoms with Gasteiger partial charge >= 0.3 is 5.69 Å². The lowest BCUT2D eigenvalue weighted by Gasteiger charge is -2.08. The largest absolute Gasteiger partial charge is 0.486 e. The Balaban J connectivity index is 1.92. The van der Waals surface area contributed by atoms with E-state index in [0.29, 0.717) is 6.04 Å². The quantitative estimate of drug-likeness (QED) is 0.574. The van der Waals surface area contributed by atoms with E-state index in [1.807, 2.05) is 0 Å². The average molecular weight is 279 g/mol. The van der Waals surface area contributed by atoms with Crippen molar-refractivity contribution in [2.24, 2.45) is 5.73 Å². The Kier molecular flexibility index (Phi) is 4.52. The van der Waals surface area contributed by atoms with E-state index >= 15 is 0 Å². The number of nitro benzene ring substituents is 1. The van der Waals surface area contributed by atoms with Crippen molar-refractivity contribution in [3.05, 3.63) is 33.9 Å². The summed E-state index contributed by atoms with van der Waals surface area (Å²) in [6, 6.07) is 4.79. The highest BCUT2D eigenvalue weighted by Crippen LogP contribution is 2.28. The Morgan fingerprint density at radius 2 is 2.25 bits per heavy atom. The molecule has 1 amide bonds. The van der Waals surface area contributed by atoms with Crippen LogP contribution < -0.4 is 15.8 Å². The summed E-state index contributed by atoms with van der Waals surface area (Å²) in [5, 5.41) is 13.7. The number of carbonyl (C=O) groups excluding carboxylic acids is 1. The summed E-state index contributed by atoms with van der Waals surface area (Å²) >= 11 is 0. The highest BCUT2D eigenvalue weighted by Gasteiger charge is 2.23. The van der Waals surface area contributed by atoms with Crippen molar-refractivity contribution in [2.75, 3.05) is 6.61 Å². The van der Waals surface area contributed by atoms with Crippen LogP contribution >= 0.6 is 0 Å². The van der Waals surface area contributed by atoms with E-state index in [1.165, 1.54) is 12.1 Å². The number of rotatable bonds is 7. The average Bonchev–Trinajstić information content (AvgIpc) is 3.22. The van der Waals surface area contributed by atoms with Gasteiger partial charge in [0, 0.05) is 18.7 Å². The van der Waals surface area contributed by atoms with Gasteiger partial charge in [0.25, 0.3) is 0 Å². The number of carbonyl (C=O) groups is 1. The Morgan fingerprint density at radius 1 is 1.50 bits per heavy atom. The van der Waals surface area contributed by atoms with E-state index in [2.05, 4.69) is 5.32 Å². The summed E-state index contributed by atoms with van der Waals surface area (Å²) in [6.07, 6.45) is 2.23. The van der Waals surface area contributed by atoms with Crippen LogP contribution in [-0.4, -0.2) is 23.5 Å². The van der Waals surface area contributed by atoms with Crippen LogP contribution in [0.1, 0.15) is 24.8 Å². The van der Waals surface area contributed by atoms with Gasteiger partial charge in [-0.15, -0.1) is 0 Å². The minimum absolute atomic E-state index is 0.0925. The topological polar surface area (TPSA) is 107 Å². The number of nitrogens with two attached hydrogens (primary N) is 1. The number of nitrogens with one attached hydrogen (secondary N) is 1. The second kappa shape index (κ2) is 6.33. The Labute approximate surface area is 116 Å². The van der Waals surface area contributed by atoms with Gasteiger partial charge in [-0.3, -0.25) is 14.9 Å². The summed E-state index contributed by atoms with van der Waals surface area (Å²) in [5.74, 6) is 0.0577. The molecular weight excluding hydrogens is 262 g/mol. The maximum atomic E-state index is 11.5. The number of hydrogen-bond acceptors (Lipinski definition) is 5. The van der Waals surface area contributed by atoms with Gasteiger partial charge in [-0.25, -0.2) is 0 Å². The van der Waals surface area contributed by atoms with Crippen LogP contribution in [0.25, 0.3) is 0 Å². The third kappa shape index (κ3) is 3.92. The molecule has 1 aromatic rings. The predicted octanol–water partition coefficient (Wildman–Crippen LogP) is 1.10. The normalized spacial score (nSPS) is 13.8. The SMILES string of the molecule is NCc1ccc([N+](=O)[O-])c(OCCC(=O)NC2CC2)c1. The van der Waals surface area contributed by atoms with Crippen molar-refractivity contribution >= 4 is 11.6 Å². The molecule has 0 bridgehead atoms. The van der Waals surface area contributed by atoms with Gasteiger partial charge in [0.1, 0.15) is 0 Å². The van der Waals surface area contributed by atoms with Crippen molar-refractivity contribution < 1.29 is 14.5 Å². The van der Waals surface area contributed by atoms with Crippen molar-refractivity contribution in [3.63, 3.8) is 0 Å². The number of benzene rings is 1. The zero-order chi connectivity index (χ0) is 14.5. The molecule has 1 aromatic carbocycles. The molecule has 2 rings (SSSR count). The highest BCUT2D eigenvalue weighted by molar-refractivity contribution is 5.76. The molecule has 20 heavy (non-hydrogen) atoms. The lowest BCUT2D eigenvalue weighted by molar-refractivity contribution is -0.385. The molecule has 1 aliphatic rings. The molecule has 0 radical (unpaired) electrons. The van der Waals surface area contributed by atoms with Crippen LogP contribution in [0.3, 0.4) is 0 Å². The van der Waals surface area contributed by atoms with Gasteiger partial charge in [-0.05, 0) is 24.5 Å². The van der Waals surface area contributed by atoms with Gasteiger partial charge < -0.3 is 15.8 Å². The van der Waals surface area contributed by atoms with E-state index in [1.54, 1.807) is 6.07 Å². The molecule has 0 atom stereocenters. The first-order valence-electron chi connectivity index (χ1n) is 6.49. The third-order valence-electron chi connectivity index (χ3n) is 2.99. The molecule has 7 heteroatoms. The van der Waals surface area contributed by atoms with Crippen LogP contribution in [0.15, 0.2) is 18.2 Å². The van der Waals surface area contributed by atoms with Gasteiger partial charge in [-0.1, -0.05) is 6.07 Å². The summed E-state index contributed by atoms with van der Waals surface area (Å²) < 4.78 is 5.36. The van der Waals surface area contributed by atoms with Crippen LogP contribution in [-0.2, 0) is 11.3 Å². The molecule has 0 aliphatic heterocycles. The maximum Gasteiger partial charge on any atom is 0.310 e. The molecule has 0 unspecified atom stereocenters. The fraction of sp³-hybridized carbons (Fsp3) is 0.462. The van der Waals surface area contributed by atoms with Crippen LogP contribution in [0.2, 0.25) is 0 Å². The predicted molar refractivity (Wildman–Crippen MR) is 72.3 cm³/mol. The summed E-state index contributed by atoms with van der Waals surface area (Å²) in [7, 11) is 0. The summed E-state index contributed by atoms with van der Waals surface area (Å²) in [4.78, 5) is 21.9. The standard InChI is InChI=1S/C13H17N3O4/c14-8-9-1-4-11(16(18)19)12(7-9)20-6-5-13(17)15-10-2-3-10/h1,4,7,10H,2-3,5-6,8,14H2,(H,15,17). The monoisotopic (exact) mass is 279 g/mol. The van der Waals surface area contributed by atoms with Crippen molar-refractivity contribution in [1.82, 2.24) is 5.32 Å². The lowest BCUT2D eigenvalue weighted by Crippen LogP contribution is -2.26. The zero-order valence-corrected chi connectivity index (χ0v) is 11.0. The first-order valence-corrected chi connectivity index (χ1v) is 6.49.